The summed E-state index contributed by atoms with van der Waals surface area (Å²) in [5, 5.41) is 21.3. The summed E-state index contributed by atoms with van der Waals surface area (Å²) >= 11 is 0. The van der Waals surface area contributed by atoms with Crippen molar-refractivity contribution in [2.75, 3.05) is 13.1 Å². The van der Waals surface area contributed by atoms with Crippen molar-refractivity contribution >= 4 is 10.9 Å². The smallest absolute Gasteiger partial charge is 0.0951 e. The Hall–Kier alpha value is -1.49. The van der Waals surface area contributed by atoms with E-state index in [-0.39, 0.29) is 0 Å². The van der Waals surface area contributed by atoms with Gasteiger partial charge in [0.25, 0.3) is 0 Å². The first-order chi connectivity index (χ1) is 9.97. The Morgan fingerprint density at radius 3 is 2.95 bits per heavy atom. The molecule has 0 amide bonds. The molecule has 0 saturated carbocycles. The molecule has 2 atom stereocenters. The largest absolute Gasteiger partial charge is 0.389 e. The number of likely N-dealkylation sites (tertiary alicyclic amines) is 1. The van der Waals surface area contributed by atoms with Gasteiger partial charge in [-0.1, -0.05) is 18.2 Å². The lowest BCUT2D eigenvalue weighted by Crippen LogP contribution is -2.53. The van der Waals surface area contributed by atoms with Gasteiger partial charge in [0.15, 0.2) is 0 Å². The molecule has 1 saturated heterocycles. The van der Waals surface area contributed by atoms with Crippen molar-refractivity contribution in [3.63, 3.8) is 0 Å². The topological polar surface area (TPSA) is 56.6 Å². The Labute approximate surface area is 125 Å². The van der Waals surface area contributed by atoms with Crippen LogP contribution in [0.1, 0.15) is 24.5 Å². The third-order valence-electron chi connectivity index (χ3n) is 4.54. The molecular weight excluding hydrogens is 264 g/mol. The minimum Gasteiger partial charge on any atom is -0.389 e. The van der Waals surface area contributed by atoms with Crippen LogP contribution in [0, 0.1) is 6.92 Å². The Morgan fingerprint density at radius 1 is 1.38 bits per heavy atom. The summed E-state index contributed by atoms with van der Waals surface area (Å²) in [5.41, 5.74) is 2.47. The minimum atomic E-state index is -0.965. The van der Waals surface area contributed by atoms with Crippen LogP contribution in [0.15, 0.2) is 30.5 Å². The Balaban J connectivity index is 1.85. The van der Waals surface area contributed by atoms with Gasteiger partial charge in [0.1, 0.15) is 0 Å². The molecule has 1 aliphatic rings. The molecule has 1 fully saturated rings. The van der Waals surface area contributed by atoms with E-state index in [1.807, 2.05) is 12.3 Å². The van der Waals surface area contributed by atoms with Gasteiger partial charge in [-0.15, -0.1) is 0 Å². The Bertz CT molecular complexity index is 654. The molecule has 0 spiro atoms. The minimum absolute atomic E-state index is 0.503. The van der Waals surface area contributed by atoms with Crippen LogP contribution in [-0.4, -0.2) is 44.9 Å². The summed E-state index contributed by atoms with van der Waals surface area (Å²) in [6.07, 6.45) is 1.72. The predicted octanol–water partition coefficient (Wildman–Crippen LogP) is 1.86. The molecule has 0 radical (unpaired) electrons. The highest BCUT2D eigenvalue weighted by molar-refractivity contribution is 5.84. The number of aryl methyl sites for hydroxylation is 1. The number of aliphatic hydroxyl groups is 2. The maximum Gasteiger partial charge on any atom is 0.0951 e. The maximum atomic E-state index is 10.0. The quantitative estimate of drug-likeness (QED) is 0.885. The summed E-state index contributed by atoms with van der Waals surface area (Å²) in [6.45, 7) is 5.85. The van der Waals surface area contributed by atoms with E-state index in [0.717, 1.165) is 18.6 Å². The van der Waals surface area contributed by atoms with Crippen LogP contribution in [0.4, 0.5) is 0 Å². The summed E-state index contributed by atoms with van der Waals surface area (Å²) in [4.78, 5) is 6.66. The molecule has 0 unspecified atom stereocenters. The number of fused-ring (bicyclic) bond motifs is 1. The molecule has 2 aromatic rings. The van der Waals surface area contributed by atoms with Crippen LogP contribution in [-0.2, 0) is 6.54 Å². The molecule has 2 heterocycles. The molecule has 21 heavy (non-hydrogen) atoms. The fourth-order valence-corrected chi connectivity index (χ4v) is 2.98. The number of hydrogen-bond acceptors (Lipinski definition) is 4. The molecule has 1 aliphatic heterocycles. The average Bonchev–Trinajstić information content (AvgIpc) is 2.46. The lowest BCUT2D eigenvalue weighted by molar-refractivity contribution is -0.108. The average molecular weight is 286 g/mol. The van der Waals surface area contributed by atoms with E-state index in [1.165, 1.54) is 16.5 Å². The Kier molecular flexibility index (Phi) is 3.69. The molecule has 0 bridgehead atoms. The normalized spacial score (nSPS) is 27.1. The number of rotatable bonds is 2. The third kappa shape index (κ3) is 2.79. The lowest BCUT2D eigenvalue weighted by atomic mass is 9.90. The summed E-state index contributed by atoms with van der Waals surface area (Å²) in [6, 6.07) is 8.29. The highest BCUT2D eigenvalue weighted by atomic mass is 16.3. The van der Waals surface area contributed by atoms with Crippen molar-refractivity contribution in [2.45, 2.75) is 38.5 Å². The number of hydrogen-bond donors (Lipinski definition) is 2. The van der Waals surface area contributed by atoms with Crippen LogP contribution >= 0.6 is 0 Å². The molecular formula is C17H22N2O2. The standard InChI is InChI=1S/C17H22N2O2/c1-12-5-6-13(14-4-3-8-18-16(12)14)10-19-9-7-17(2,21)15(20)11-19/h3-6,8,15,20-21H,7,9-11H2,1-2H3/t15-,17+/m0/s1. The van der Waals surface area contributed by atoms with E-state index in [9.17, 15) is 10.2 Å². The summed E-state index contributed by atoms with van der Waals surface area (Å²) in [7, 11) is 0. The van der Waals surface area contributed by atoms with Crippen LogP contribution in [0.3, 0.4) is 0 Å². The van der Waals surface area contributed by atoms with Crippen molar-refractivity contribution < 1.29 is 10.2 Å². The van der Waals surface area contributed by atoms with Crippen molar-refractivity contribution in [1.29, 1.82) is 0 Å². The van der Waals surface area contributed by atoms with Gasteiger partial charge in [0.05, 0.1) is 17.2 Å². The summed E-state index contributed by atoms with van der Waals surface area (Å²) in [5.74, 6) is 0. The fraction of sp³-hybridized carbons (Fsp3) is 0.471. The van der Waals surface area contributed by atoms with Gasteiger partial charge in [-0.05, 0) is 37.5 Å². The number of β-amino-alcohol motifs (C(OH)–C–C–N with tert-alkyl or cyclic N) is 1. The van der Waals surface area contributed by atoms with Crippen molar-refractivity contribution in [3.05, 3.63) is 41.6 Å². The number of piperidine rings is 1. The SMILES string of the molecule is Cc1ccc(CN2CC[C@@](C)(O)[C@@H](O)C2)c2cccnc12. The molecule has 2 N–H and O–H groups in total. The molecule has 0 aliphatic carbocycles. The number of pyridine rings is 1. The van der Waals surface area contributed by atoms with Crippen LogP contribution < -0.4 is 0 Å². The highest BCUT2D eigenvalue weighted by Crippen LogP contribution is 2.26. The number of benzene rings is 1. The van der Waals surface area contributed by atoms with Gasteiger partial charge < -0.3 is 10.2 Å². The van der Waals surface area contributed by atoms with Crippen molar-refractivity contribution in [1.82, 2.24) is 9.88 Å². The number of nitrogens with zero attached hydrogens (tertiary/aromatic N) is 2. The molecule has 3 rings (SSSR count). The zero-order chi connectivity index (χ0) is 15.0. The fourth-order valence-electron chi connectivity index (χ4n) is 2.98. The number of aliphatic hydroxyl groups excluding tert-OH is 1. The van der Waals surface area contributed by atoms with E-state index in [1.54, 1.807) is 6.92 Å². The van der Waals surface area contributed by atoms with Crippen LogP contribution in [0.2, 0.25) is 0 Å². The van der Waals surface area contributed by atoms with Crippen molar-refractivity contribution in [2.24, 2.45) is 0 Å². The van der Waals surface area contributed by atoms with E-state index >= 15 is 0 Å². The third-order valence-corrected chi connectivity index (χ3v) is 4.54. The van der Waals surface area contributed by atoms with E-state index in [4.69, 9.17) is 0 Å². The maximum absolute atomic E-state index is 10.0. The Morgan fingerprint density at radius 2 is 2.19 bits per heavy atom. The second-order valence-electron chi connectivity index (χ2n) is 6.30. The zero-order valence-electron chi connectivity index (χ0n) is 12.6. The molecule has 4 heteroatoms. The lowest BCUT2D eigenvalue weighted by Gasteiger charge is -2.40. The van der Waals surface area contributed by atoms with Gasteiger partial charge in [-0.25, -0.2) is 0 Å². The van der Waals surface area contributed by atoms with Gasteiger partial charge in [-0.2, -0.15) is 0 Å². The van der Waals surface area contributed by atoms with Crippen LogP contribution in [0.5, 0.6) is 0 Å². The van der Waals surface area contributed by atoms with E-state index in [2.05, 4.69) is 35.0 Å². The van der Waals surface area contributed by atoms with E-state index in [0.29, 0.717) is 13.0 Å². The summed E-state index contributed by atoms with van der Waals surface area (Å²) < 4.78 is 0. The molecule has 112 valence electrons. The molecule has 1 aromatic heterocycles. The highest BCUT2D eigenvalue weighted by Gasteiger charge is 2.36. The van der Waals surface area contributed by atoms with Crippen LogP contribution in [0.25, 0.3) is 10.9 Å². The first-order valence-corrected chi connectivity index (χ1v) is 7.43. The second-order valence-corrected chi connectivity index (χ2v) is 6.30. The zero-order valence-corrected chi connectivity index (χ0v) is 12.6. The first-order valence-electron chi connectivity index (χ1n) is 7.43. The van der Waals surface area contributed by atoms with Gasteiger partial charge >= 0.3 is 0 Å². The first kappa shape index (κ1) is 14.4. The van der Waals surface area contributed by atoms with Gasteiger partial charge in [0, 0.05) is 31.2 Å². The molecule has 4 nitrogen and oxygen atoms in total. The molecule has 1 aromatic carbocycles. The van der Waals surface area contributed by atoms with Crippen molar-refractivity contribution in [3.8, 4) is 0 Å². The predicted molar refractivity (Wildman–Crippen MR) is 83.0 cm³/mol. The van der Waals surface area contributed by atoms with Gasteiger partial charge in [0.2, 0.25) is 0 Å². The van der Waals surface area contributed by atoms with E-state index < -0.39 is 11.7 Å². The van der Waals surface area contributed by atoms with Gasteiger partial charge in [-0.3, -0.25) is 9.88 Å². The second kappa shape index (κ2) is 5.37. The monoisotopic (exact) mass is 286 g/mol. The number of aromatic nitrogens is 1.